The standard InChI is InChI=1S/C18H18N4O3/c1-12(23)21-8-4-5-13(11-21)14-9-20-17(10-19-14)22-15-6-2-3-7-16(15)25-18(22)24/h2-3,6-7,9-10,13H,4-5,8,11H2,1H3. The molecule has 0 spiro atoms. The second kappa shape index (κ2) is 6.16. The molecular weight excluding hydrogens is 320 g/mol. The molecule has 1 saturated heterocycles. The fourth-order valence-corrected chi connectivity index (χ4v) is 3.35. The Balaban J connectivity index is 1.65. The van der Waals surface area contributed by atoms with Gasteiger partial charge >= 0.3 is 5.76 Å². The molecule has 3 heterocycles. The molecule has 0 radical (unpaired) electrons. The highest BCUT2D eigenvalue weighted by Gasteiger charge is 2.24. The number of piperidine rings is 1. The highest BCUT2D eigenvalue weighted by atomic mass is 16.4. The zero-order valence-corrected chi connectivity index (χ0v) is 13.9. The summed E-state index contributed by atoms with van der Waals surface area (Å²) in [6.07, 6.45) is 5.22. The van der Waals surface area contributed by atoms with Crippen LogP contribution < -0.4 is 5.76 Å². The number of carbonyl (C=O) groups is 1. The van der Waals surface area contributed by atoms with Crippen molar-refractivity contribution in [2.24, 2.45) is 0 Å². The van der Waals surface area contributed by atoms with Crippen LogP contribution in [0.3, 0.4) is 0 Å². The van der Waals surface area contributed by atoms with E-state index in [2.05, 4.69) is 9.97 Å². The van der Waals surface area contributed by atoms with Crippen LogP contribution in [-0.2, 0) is 4.79 Å². The number of carbonyl (C=O) groups excluding carboxylic acids is 1. The summed E-state index contributed by atoms with van der Waals surface area (Å²) in [7, 11) is 0. The van der Waals surface area contributed by atoms with Crippen LogP contribution in [0.1, 0.15) is 31.4 Å². The van der Waals surface area contributed by atoms with Gasteiger partial charge in [-0.15, -0.1) is 0 Å². The molecule has 1 fully saturated rings. The molecule has 3 aromatic rings. The molecule has 0 saturated carbocycles. The molecule has 1 aliphatic rings. The first-order chi connectivity index (χ1) is 12.1. The number of benzene rings is 1. The van der Waals surface area contributed by atoms with Gasteiger partial charge < -0.3 is 9.32 Å². The number of oxazole rings is 1. The molecule has 128 valence electrons. The van der Waals surface area contributed by atoms with Crippen LogP contribution in [-0.4, -0.2) is 38.4 Å². The minimum Gasteiger partial charge on any atom is -0.407 e. The summed E-state index contributed by atoms with van der Waals surface area (Å²) < 4.78 is 6.65. The monoisotopic (exact) mass is 338 g/mol. The van der Waals surface area contributed by atoms with Crippen LogP contribution >= 0.6 is 0 Å². The molecule has 0 N–H and O–H groups in total. The summed E-state index contributed by atoms with van der Waals surface area (Å²) in [6.45, 7) is 3.05. The highest BCUT2D eigenvalue weighted by molar-refractivity contribution is 5.74. The molecule has 2 aromatic heterocycles. The van der Waals surface area contributed by atoms with Gasteiger partial charge in [0, 0.05) is 25.9 Å². The number of amides is 1. The smallest absolute Gasteiger partial charge is 0.407 e. The maximum atomic E-state index is 12.1. The zero-order chi connectivity index (χ0) is 17.4. The van der Waals surface area contributed by atoms with Crippen LogP contribution in [0, 0.1) is 0 Å². The van der Waals surface area contributed by atoms with E-state index in [1.165, 1.54) is 4.57 Å². The van der Waals surface area contributed by atoms with Crippen molar-refractivity contribution in [1.29, 1.82) is 0 Å². The van der Waals surface area contributed by atoms with Gasteiger partial charge in [-0.2, -0.15) is 0 Å². The van der Waals surface area contributed by atoms with Crippen LogP contribution in [0.5, 0.6) is 0 Å². The van der Waals surface area contributed by atoms with E-state index in [0.29, 0.717) is 23.5 Å². The predicted octanol–water partition coefficient (Wildman–Crippen LogP) is 2.10. The molecule has 1 unspecified atom stereocenters. The van der Waals surface area contributed by atoms with Crippen molar-refractivity contribution in [1.82, 2.24) is 19.4 Å². The molecule has 25 heavy (non-hydrogen) atoms. The summed E-state index contributed by atoms with van der Waals surface area (Å²) in [5.74, 6) is 0.212. The SMILES string of the molecule is CC(=O)N1CCCC(c2cnc(-n3c(=O)oc4ccccc43)cn2)C1. The Morgan fingerprint density at radius 3 is 2.84 bits per heavy atom. The number of hydrogen-bond acceptors (Lipinski definition) is 5. The number of likely N-dealkylation sites (tertiary alicyclic amines) is 1. The van der Waals surface area contributed by atoms with Gasteiger partial charge in [-0.25, -0.2) is 14.3 Å². The van der Waals surface area contributed by atoms with Crippen molar-refractivity contribution in [2.45, 2.75) is 25.7 Å². The Kier molecular flexibility index (Phi) is 3.83. The van der Waals surface area contributed by atoms with Crippen LogP contribution in [0.25, 0.3) is 16.9 Å². The van der Waals surface area contributed by atoms with Crippen molar-refractivity contribution >= 4 is 17.0 Å². The number of hydrogen-bond donors (Lipinski definition) is 0. The third-order valence-corrected chi connectivity index (χ3v) is 4.66. The summed E-state index contributed by atoms with van der Waals surface area (Å²) >= 11 is 0. The van der Waals surface area contributed by atoms with Gasteiger partial charge in [0.05, 0.1) is 23.6 Å². The van der Waals surface area contributed by atoms with E-state index in [1.807, 2.05) is 23.1 Å². The lowest BCUT2D eigenvalue weighted by Gasteiger charge is -2.31. The van der Waals surface area contributed by atoms with E-state index in [1.54, 1.807) is 25.4 Å². The van der Waals surface area contributed by atoms with Gasteiger partial charge in [-0.05, 0) is 25.0 Å². The lowest BCUT2D eigenvalue weighted by atomic mass is 9.95. The molecule has 1 aromatic carbocycles. The first kappa shape index (κ1) is 15.6. The third kappa shape index (κ3) is 2.82. The molecule has 7 heteroatoms. The van der Waals surface area contributed by atoms with Gasteiger partial charge in [0.2, 0.25) is 5.91 Å². The number of para-hydroxylation sites is 2. The molecule has 7 nitrogen and oxygen atoms in total. The van der Waals surface area contributed by atoms with Gasteiger partial charge in [0.1, 0.15) is 0 Å². The molecular formula is C18H18N4O3. The fourth-order valence-electron chi connectivity index (χ4n) is 3.35. The second-order valence-electron chi connectivity index (χ2n) is 6.27. The molecule has 1 amide bonds. The summed E-state index contributed by atoms with van der Waals surface area (Å²) in [4.78, 5) is 34.5. The first-order valence-electron chi connectivity index (χ1n) is 8.32. The van der Waals surface area contributed by atoms with E-state index in [0.717, 1.165) is 25.1 Å². The van der Waals surface area contributed by atoms with Crippen LogP contribution in [0.15, 0.2) is 45.9 Å². The van der Waals surface area contributed by atoms with Gasteiger partial charge in [0.15, 0.2) is 11.4 Å². The Bertz CT molecular complexity index is 974. The van der Waals surface area contributed by atoms with Crippen LogP contribution in [0.2, 0.25) is 0 Å². The largest absolute Gasteiger partial charge is 0.425 e. The summed E-state index contributed by atoms with van der Waals surface area (Å²) in [5.41, 5.74) is 2.02. The number of nitrogens with zero attached hydrogens (tertiary/aromatic N) is 4. The maximum absolute atomic E-state index is 12.1. The minimum atomic E-state index is -0.483. The normalized spacial score (nSPS) is 17.8. The van der Waals surface area contributed by atoms with Gasteiger partial charge in [-0.3, -0.25) is 9.78 Å². The van der Waals surface area contributed by atoms with Crippen LogP contribution in [0.4, 0.5) is 0 Å². The minimum absolute atomic E-state index is 0.0886. The van der Waals surface area contributed by atoms with Crippen molar-refractivity contribution in [2.75, 3.05) is 13.1 Å². The van der Waals surface area contributed by atoms with Gasteiger partial charge in [0.25, 0.3) is 0 Å². The van der Waals surface area contributed by atoms with Crippen molar-refractivity contribution in [3.8, 4) is 5.82 Å². The van der Waals surface area contributed by atoms with E-state index in [-0.39, 0.29) is 11.8 Å². The van der Waals surface area contributed by atoms with Crippen molar-refractivity contribution in [3.63, 3.8) is 0 Å². The quantitative estimate of drug-likeness (QED) is 0.715. The number of fused-ring (bicyclic) bond motifs is 1. The van der Waals surface area contributed by atoms with E-state index in [4.69, 9.17) is 4.42 Å². The molecule has 4 rings (SSSR count). The fraction of sp³-hybridized carbons (Fsp3) is 0.333. The summed E-state index contributed by atoms with van der Waals surface area (Å²) in [5, 5.41) is 0. The first-order valence-corrected chi connectivity index (χ1v) is 8.32. The Morgan fingerprint density at radius 2 is 2.08 bits per heavy atom. The zero-order valence-electron chi connectivity index (χ0n) is 13.9. The molecule has 1 aliphatic heterocycles. The third-order valence-electron chi connectivity index (χ3n) is 4.66. The predicted molar refractivity (Wildman–Crippen MR) is 91.6 cm³/mol. The molecule has 0 bridgehead atoms. The van der Waals surface area contributed by atoms with E-state index < -0.39 is 5.76 Å². The van der Waals surface area contributed by atoms with Crippen molar-refractivity contribution in [3.05, 3.63) is 52.9 Å². The van der Waals surface area contributed by atoms with Gasteiger partial charge in [-0.1, -0.05) is 12.1 Å². The topological polar surface area (TPSA) is 81.2 Å². The second-order valence-corrected chi connectivity index (χ2v) is 6.27. The van der Waals surface area contributed by atoms with Crippen molar-refractivity contribution < 1.29 is 9.21 Å². The Morgan fingerprint density at radius 1 is 1.24 bits per heavy atom. The Labute approximate surface area is 143 Å². The van der Waals surface area contributed by atoms with E-state index in [9.17, 15) is 9.59 Å². The average molecular weight is 338 g/mol. The van der Waals surface area contributed by atoms with E-state index >= 15 is 0 Å². The molecule has 0 aliphatic carbocycles. The number of aromatic nitrogens is 3. The Hall–Kier alpha value is -2.96. The lowest BCUT2D eigenvalue weighted by molar-refractivity contribution is -0.130. The molecule has 1 atom stereocenters. The maximum Gasteiger partial charge on any atom is 0.425 e. The number of rotatable bonds is 2. The average Bonchev–Trinajstić information content (AvgIpc) is 2.97. The highest BCUT2D eigenvalue weighted by Crippen LogP contribution is 2.25. The lowest BCUT2D eigenvalue weighted by Crippen LogP contribution is -2.37. The summed E-state index contributed by atoms with van der Waals surface area (Å²) in [6, 6.07) is 7.21.